The van der Waals surface area contributed by atoms with E-state index < -0.39 is 0 Å². The van der Waals surface area contributed by atoms with E-state index in [1.807, 2.05) is 12.1 Å². The van der Waals surface area contributed by atoms with Crippen LogP contribution in [0.5, 0.6) is 0 Å². The molecule has 0 bridgehead atoms. The van der Waals surface area contributed by atoms with Crippen LogP contribution in [0.3, 0.4) is 0 Å². The molecule has 1 saturated heterocycles. The Morgan fingerprint density at radius 1 is 1.47 bits per heavy atom. The van der Waals surface area contributed by atoms with Crippen molar-refractivity contribution < 1.29 is 0 Å². The molecule has 2 heterocycles. The number of hydrogen-bond donors (Lipinski definition) is 0. The lowest BCUT2D eigenvalue weighted by Crippen LogP contribution is -2.27. The highest BCUT2D eigenvalue weighted by molar-refractivity contribution is 8.00. The Bertz CT molecular complexity index is 381. The summed E-state index contributed by atoms with van der Waals surface area (Å²) in [6, 6.07) is 3.79. The van der Waals surface area contributed by atoms with Crippen molar-refractivity contribution in [2.75, 3.05) is 18.8 Å². The molecule has 4 heteroatoms. The van der Waals surface area contributed by atoms with Gasteiger partial charge in [-0.25, -0.2) is 0 Å². The molecule has 0 atom stereocenters. The zero-order chi connectivity index (χ0) is 12.3. The normalized spacial score (nSPS) is 21.1. The standard InChI is InChI=1S/C13H19ClN2S/c1-13(2)4-6-16(7-8-17-13)10-12-9-11(14)3-5-15-12/h3,5,9H,4,6-8,10H2,1-2H3. The Morgan fingerprint density at radius 3 is 3.06 bits per heavy atom. The van der Waals surface area contributed by atoms with Crippen LogP contribution in [0.25, 0.3) is 0 Å². The van der Waals surface area contributed by atoms with E-state index in [0.717, 1.165) is 30.4 Å². The van der Waals surface area contributed by atoms with Gasteiger partial charge < -0.3 is 0 Å². The van der Waals surface area contributed by atoms with Gasteiger partial charge in [0.05, 0.1) is 5.69 Å². The molecule has 1 aromatic heterocycles. The molecule has 0 spiro atoms. The van der Waals surface area contributed by atoms with Gasteiger partial charge in [0.2, 0.25) is 0 Å². The number of nitrogens with zero attached hydrogens (tertiary/aromatic N) is 2. The molecule has 1 fully saturated rings. The predicted octanol–water partition coefficient (Wildman–Crippen LogP) is 3.45. The van der Waals surface area contributed by atoms with E-state index in [1.165, 1.54) is 12.2 Å². The molecule has 0 saturated carbocycles. The molecule has 0 unspecified atom stereocenters. The van der Waals surface area contributed by atoms with Crippen LogP contribution in [0, 0.1) is 0 Å². The van der Waals surface area contributed by atoms with Gasteiger partial charge >= 0.3 is 0 Å². The van der Waals surface area contributed by atoms with Crippen LogP contribution in [-0.4, -0.2) is 33.5 Å². The Morgan fingerprint density at radius 2 is 2.29 bits per heavy atom. The molecule has 0 N–H and O–H groups in total. The lowest BCUT2D eigenvalue weighted by Gasteiger charge is -2.22. The van der Waals surface area contributed by atoms with E-state index in [2.05, 4.69) is 35.5 Å². The Kier molecular flexibility index (Phi) is 4.34. The number of rotatable bonds is 2. The molecule has 0 radical (unpaired) electrons. The van der Waals surface area contributed by atoms with Crippen LogP contribution in [-0.2, 0) is 6.54 Å². The highest BCUT2D eigenvalue weighted by Crippen LogP contribution is 2.30. The van der Waals surface area contributed by atoms with E-state index in [-0.39, 0.29) is 0 Å². The first-order valence-electron chi connectivity index (χ1n) is 6.02. The van der Waals surface area contributed by atoms with Gasteiger partial charge in [-0.1, -0.05) is 25.4 Å². The monoisotopic (exact) mass is 270 g/mol. The van der Waals surface area contributed by atoms with Crippen LogP contribution in [0.1, 0.15) is 26.0 Å². The predicted molar refractivity (Wildman–Crippen MR) is 75.7 cm³/mol. The van der Waals surface area contributed by atoms with E-state index in [9.17, 15) is 0 Å². The Labute approximate surface area is 113 Å². The second kappa shape index (κ2) is 5.59. The molecule has 94 valence electrons. The van der Waals surface area contributed by atoms with Crippen LogP contribution >= 0.6 is 23.4 Å². The summed E-state index contributed by atoms with van der Waals surface area (Å²) in [4.78, 5) is 6.84. The lowest BCUT2D eigenvalue weighted by atomic mass is 10.1. The summed E-state index contributed by atoms with van der Waals surface area (Å²) in [5.74, 6) is 1.20. The van der Waals surface area contributed by atoms with Crippen molar-refractivity contribution in [3.8, 4) is 0 Å². The zero-order valence-corrected chi connectivity index (χ0v) is 12.0. The van der Waals surface area contributed by atoms with Crippen LogP contribution in [0.15, 0.2) is 18.3 Å². The summed E-state index contributed by atoms with van der Waals surface area (Å²) in [6.45, 7) is 7.87. The molecule has 2 nitrogen and oxygen atoms in total. The van der Waals surface area contributed by atoms with Crippen LogP contribution < -0.4 is 0 Å². The van der Waals surface area contributed by atoms with Crippen molar-refractivity contribution >= 4 is 23.4 Å². The SMILES string of the molecule is CC1(C)CCN(Cc2cc(Cl)ccn2)CCS1. The van der Waals surface area contributed by atoms with E-state index in [1.54, 1.807) is 6.20 Å². The van der Waals surface area contributed by atoms with Crippen molar-refractivity contribution in [1.29, 1.82) is 0 Å². The highest BCUT2D eigenvalue weighted by atomic mass is 35.5. The van der Waals surface area contributed by atoms with E-state index in [4.69, 9.17) is 11.6 Å². The average molecular weight is 271 g/mol. The fourth-order valence-electron chi connectivity index (χ4n) is 1.98. The number of thioether (sulfide) groups is 1. The van der Waals surface area contributed by atoms with E-state index in [0.29, 0.717) is 4.75 Å². The third-order valence-electron chi connectivity index (χ3n) is 3.09. The Balaban J connectivity index is 1.95. The largest absolute Gasteiger partial charge is 0.297 e. The molecular formula is C13H19ClN2S. The molecule has 1 aliphatic heterocycles. The number of pyridine rings is 1. The second-order valence-corrected chi connectivity index (χ2v) is 7.34. The summed E-state index contributed by atoms with van der Waals surface area (Å²) in [5.41, 5.74) is 1.07. The molecule has 1 aliphatic rings. The van der Waals surface area contributed by atoms with Gasteiger partial charge in [0.1, 0.15) is 0 Å². The zero-order valence-electron chi connectivity index (χ0n) is 10.4. The van der Waals surface area contributed by atoms with Crippen molar-refractivity contribution in [2.45, 2.75) is 31.6 Å². The van der Waals surface area contributed by atoms with Crippen molar-refractivity contribution in [2.24, 2.45) is 0 Å². The summed E-state index contributed by atoms with van der Waals surface area (Å²) in [5, 5.41) is 0.777. The second-order valence-electron chi connectivity index (χ2n) is 5.10. The van der Waals surface area contributed by atoms with Crippen LogP contribution in [0.2, 0.25) is 5.02 Å². The van der Waals surface area contributed by atoms with Gasteiger partial charge in [0.25, 0.3) is 0 Å². The fourth-order valence-corrected chi connectivity index (χ4v) is 3.30. The minimum Gasteiger partial charge on any atom is -0.297 e. The molecule has 0 aromatic carbocycles. The maximum atomic E-state index is 5.98. The molecule has 0 aliphatic carbocycles. The van der Waals surface area contributed by atoms with Gasteiger partial charge in [0.15, 0.2) is 0 Å². The molecule has 0 amide bonds. The first-order valence-corrected chi connectivity index (χ1v) is 7.38. The maximum Gasteiger partial charge on any atom is 0.0558 e. The molecule has 1 aromatic rings. The van der Waals surface area contributed by atoms with Gasteiger partial charge in [-0.05, 0) is 25.1 Å². The quantitative estimate of drug-likeness (QED) is 0.819. The van der Waals surface area contributed by atoms with Gasteiger partial charge in [-0.3, -0.25) is 9.88 Å². The van der Waals surface area contributed by atoms with Crippen molar-refractivity contribution in [3.05, 3.63) is 29.0 Å². The summed E-state index contributed by atoms with van der Waals surface area (Å²) >= 11 is 8.05. The third-order valence-corrected chi connectivity index (χ3v) is 4.70. The number of aromatic nitrogens is 1. The molecule has 2 rings (SSSR count). The molecule has 17 heavy (non-hydrogen) atoms. The highest BCUT2D eigenvalue weighted by Gasteiger charge is 2.23. The smallest absolute Gasteiger partial charge is 0.0558 e. The fraction of sp³-hybridized carbons (Fsp3) is 0.615. The van der Waals surface area contributed by atoms with Crippen molar-refractivity contribution in [1.82, 2.24) is 9.88 Å². The van der Waals surface area contributed by atoms with Gasteiger partial charge in [-0.2, -0.15) is 11.8 Å². The third kappa shape index (κ3) is 4.16. The maximum absolute atomic E-state index is 5.98. The van der Waals surface area contributed by atoms with Gasteiger partial charge in [-0.15, -0.1) is 0 Å². The number of hydrogen-bond acceptors (Lipinski definition) is 3. The van der Waals surface area contributed by atoms with Crippen LogP contribution in [0.4, 0.5) is 0 Å². The number of halogens is 1. The lowest BCUT2D eigenvalue weighted by molar-refractivity contribution is 0.273. The first kappa shape index (κ1) is 13.2. The molecular weight excluding hydrogens is 252 g/mol. The summed E-state index contributed by atoms with van der Waals surface area (Å²) in [6.07, 6.45) is 3.02. The minimum absolute atomic E-state index is 0.413. The van der Waals surface area contributed by atoms with E-state index >= 15 is 0 Å². The summed E-state index contributed by atoms with van der Waals surface area (Å²) < 4.78 is 0.413. The van der Waals surface area contributed by atoms with Gasteiger partial charge in [0, 0.05) is 34.8 Å². The van der Waals surface area contributed by atoms with Crippen molar-refractivity contribution in [3.63, 3.8) is 0 Å². The Hall–Kier alpha value is -0.250. The minimum atomic E-state index is 0.413. The average Bonchev–Trinajstić information content (AvgIpc) is 2.41. The topological polar surface area (TPSA) is 16.1 Å². The first-order chi connectivity index (χ1) is 8.05. The summed E-state index contributed by atoms with van der Waals surface area (Å²) in [7, 11) is 0.